The van der Waals surface area contributed by atoms with Crippen molar-refractivity contribution >= 4 is 10.0 Å². The summed E-state index contributed by atoms with van der Waals surface area (Å²) in [5.74, 6) is -0.253. The van der Waals surface area contributed by atoms with Gasteiger partial charge in [0.2, 0.25) is 10.0 Å². The minimum absolute atomic E-state index is 0.111. The number of phenols is 1. The summed E-state index contributed by atoms with van der Waals surface area (Å²) in [6.45, 7) is 3.71. The molecule has 1 unspecified atom stereocenters. The molecule has 2 N–H and O–H groups in total. The van der Waals surface area contributed by atoms with Gasteiger partial charge in [-0.2, -0.15) is 0 Å². The van der Waals surface area contributed by atoms with E-state index in [0.717, 1.165) is 11.1 Å². The summed E-state index contributed by atoms with van der Waals surface area (Å²) in [5.41, 5.74) is 1.92. The highest BCUT2D eigenvalue weighted by atomic mass is 32.2. The van der Waals surface area contributed by atoms with Crippen LogP contribution in [0, 0.1) is 6.92 Å². The lowest BCUT2D eigenvalue weighted by molar-refractivity contribution is 0.457. The van der Waals surface area contributed by atoms with Crippen molar-refractivity contribution < 1.29 is 13.5 Å². The molecule has 0 bridgehead atoms. The molecule has 5 heteroatoms. The first-order valence-corrected chi connectivity index (χ1v) is 7.76. The quantitative estimate of drug-likeness (QED) is 0.910. The summed E-state index contributed by atoms with van der Waals surface area (Å²) in [6, 6.07) is 13.1. The largest absolute Gasteiger partial charge is 0.507 e. The molecule has 1 atom stereocenters. The number of aryl methyl sites for hydroxylation is 1. The molecule has 4 nitrogen and oxygen atoms in total. The Bertz CT molecular complexity index is 711. The molecule has 0 radical (unpaired) electrons. The van der Waals surface area contributed by atoms with Crippen LogP contribution in [0.3, 0.4) is 0 Å². The van der Waals surface area contributed by atoms with Crippen molar-refractivity contribution in [3.05, 3.63) is 59.7 Å². The zero-order chi connectivity index (χ0) is 14.8. The third kappa shape index (κ3) is 3.00. The van der Waals surface area contributed by atoms with E-state index >= 15 is 0 Å². The van der Waals surface area contributed by atoms with Gasteiger partial charge in [-0.1, -0.05) is 36.4 Å². The molecule has 0 aliphatic rings. The molecule has 0 heterocycles. The number of rotatable bonds is 4. The van der Waals surface area contributed by atoms with E-state index in [-0.39, 0.29) is 16.7 Å². The predicted octanol–water partition coefficient (Wildman–Crippen LogP) is 2.74. The topological polar surface area (TPSA) is 66.4 Å². The van der Waals surface area contributed by atoms with E-state index in [0.29, 0.717) is 0 Å². The molecule has 20 heavy (non-hydrogen) atoms. The van der Waals surface area contributed by atoms with Crippen LogP contribution in [0.25, 0.3) is 0 Å². The summed E-state index contributed by atoms with van der Waals surface area (Å²) in [6.07, 6.45) is 0. The fourth-order valence-corrected chi connectivity index (χ4v) is 3.44. The number of para-hydroxylation sites is 1. The van der Waals surface area contributed by atoms with Gasteiger partial charge in [-0.05, 0) is 37.1 Å². The van der Waals surface area contributed by atoms with Crippen molar-refractivity contribution in [2.75, 3.05) is 0 Å². The maximum absolute atomic E-state index is 12.3. The minimum atomic E-state index is -3.76. The molecule has 0 aliphatic heterocycles. The van der Waals surface area contributed by atoms with E-state index in [9.17, 15) is 13.5 Å². The molecule has 0 spiro atoms. The molecular weight excluding hydrogens is 274 g/mol. The van der Waals surface area contributed by atoms with Crippen LogP contribution in [0.5, 0.6) is 5.75 Å². The van der Waals surface area contributed by atoms with Crippen LogP contribution in [-0.4, -0.2) is 13.5 Å². The maximum Gasteiger partial charge on any atom is 0.244 e. The Morgan fingerprint density at radius 1 is 1.05 bits per heavy atom. The van der Waals surface area contributed by atoms with Crippen molar-refractivity contribution in [2.45, 2.75) is 24.8 Å². The van der Waals surface area contributed by atoms with Gasteiger partial charge in [-0.15, -0.1) is 0 Å². The lowest BCUT2D eigenvalue weighted by Gasteiger charge is -2.17. The fraction of sp³-hybridized carbons (Fsp3) is 0.200. The maximum atomic E-state index is 12.3. The predicted molar refractivity (Wildman–Crippen MR) is 78.0 cm³/mol. The number of benzene rings is 2. The van der Waals surface area contributed by atoms with Crippen LogP contribution < -0.4 is 4.72 Å². The molecule has 106 valence electrons. The van der Waals surface area contributed by atoms with Gasteiger partial charge in [-0.3, -0.25) is 0 Å². The summed E-state index contributed by atoms with van der Waals surface area (Å²) < 4.78 is 27.1. The normalized spacial score (nSPS) is 13.1. The second kappa shape index (κ2) is 5.64. The number of sulfonamides is 1. The molecule has 0 saturated carbocycles. The summed E-state index contributed by atoms with van der Waals surface area (Å²) in [5, 5.41) is 9.67. The third-order valence-corrected chi connectivity index (χ3v) is 4.73. The van der Waals surface area contributed by atoms with Crippen LogP contribution in [0.4, 0.5) is 0 Å². The van der Waals surface area contributed by atoms with Crippen molar-refractivity contribution in [1.82, 2.24) is 4.72 Å². The lowest BCUT2D eigenvalue weighted by Crippen LogP contribution is -2.27. The highest BCUT2D eigenvalue weighted by Gasteiger charge is 2.21. The zero-order valence-electron chi connectivity index (χ0n) is 11.4. The van der Waals surface area contributed by atoms with Gasteiger partial charge in [0.05, 0.1) is 0 Å². The third-order valence-electron chi connectivity index (χ3n) is 3.14. The van der Waals surface area contributed by atoms with Crippen LogP contribution >= 0.6 is 0 Å². The van der Waals surface area contributed by atoms with Crippen molar-refractivity contribution in [1.29, 1.82) is 0 Å². The minimum Gasteiger partial charge on any atom is -0.507 e. The fourth-order valence-electron chi connectivity index (χ4n) is 2.12. The number of aromatic hydroxyl groups is 1. The van der Waals surface area contributed by atoms with E-state index in [4.69, 9.17) is 0 Å². The van der Waals surface area contributed by atoms with Gasteiger partial charge < -0.3 is 5.11 Å². The molecule has 0 saturated heterocycles. The van der Waals surface area contributed by atoms with Gasteiger partial charge in [0.15, 0.2) is 0 Å². The molecule has 2 rings (SSSR count). The number of hydrogen-bond acceptors (Lipinski definition) is 3. The molecule has 2 aromatic rings. The number of phenolic OH excluding ortho intramolecular Hbond substituents is 1. The smallest absolute Gasteiger partial charge is 0.244 e. The van der Waals surface area contributed by atoms with Gasteiger partial charge in [-0.25, -0.2) is 13.1 Å². The van der Waals surface area contributed by atoms with Crippen LogP contribution in [0.2, 0.25) is 0 Å². The second-order valence-corrected chi connectivity index (χ2v) is 6.35. The van der Waals surface area contributed by atoms with Gasteiger partial charge in [0, 0.05) is 6.04 Å². The van der Waals surface area contributed by atoms with Gasteiger partial charge in [0.25, 0.3) is 0 Å². The number of hydrogen-bond donors (Lipinski definition) is 2. The first-order chi connectivity index (χ1) is 9.42. The molecular formula is C15H17NO3S. The van der Waals surface area contributed by atoms with Crippen LogP contribution in [0.15, 0.2) is 53.4 Å². The zero-order valence-corrected chi connectivity index (χ0v) is 12.2. The molecule has 2 aromatic carbocycles. The average molecular weight is 291 g/mol. The average Bonchev–Trinajstić information content (AvgIpc) is 2.38. The van der Waals surface area contributed by atoms with E-state index in [1.807, 2.05) is 31.2 Å². The molecule has 0 fully saturated rings. The second-order valence-electron chi connectivity index (χ2n) is 4.67. The lowest BCUT2D eigenvalue weighted by atomic mass is 10.0. The SMILES string of the molecule is Cc1ccccc1C(C)NS(=O)(=O)c1ccccc1O. The molecule has 0 amide bonds. The summed E-state index contributed by atoms with van der Waals surface area (Å²) >= 11 is 0. The van der Waals surface area contributed by atoms with Crippen LogP contribution in [0.1, 0.15) is 24.1 Å². The standard InChI is InChI=1S/C15H17NO3S/c1-11-7-3-4-8-13(11)12(2)16-20(18,19)15-10-6-5-9-14(15)17/h3-10,12,16-17H,1-2H3. The van der Waals surface area contributed by atoms with Crippen molar-refractivity contribution in [3.8, 4) is 5.75 Å². The van der Waals surface area contributed by atoms with E-state index in [1.54, 1.807) is 19.1 Å². The Morgan fingerprint density at radius 3 is 2.30 bits per heavy atom. The monoisotopic (exact) mass is 291 g/mol. The summed E-state index contributed by atoms with van der Waals surface area (Å²) in [7, 11) is -3.76. The van der Waals surface area contributed by atoms with E-state index in [1.165, 1.54) is 12.1 Å². The first kappa shape index (κ1) is 14.6. The summed E-state index contributed by atoms with van der Waals surface area (Å²) in [4.78, 5) is -0.111. The Hall–Kier alpha value is -1.85. The Kier molecular flexibility index (Phi) is 4.11. The Balaban J connectivity index is 2.30. The highest BCUT2D eigenvalue weighted by molar-refractivity contribution is 7.89. The van der Waals surface area contributed by atoms with E-state index in [2.05, 4.69) is 4.72 Å². The highest BCUT2D eigenvalue weighted by Crippen LogP contribution is 2.24. The molecule has 0 aliphatic carbocycles. The van der Waals surface area contributed by atoms with Gasteiger partial charge >= 0.3 is 0 Å². The van der Waals surface area contributed by atoms with Crippen LogP contribution in [-0.2, 0) is 10.0 Å². The van der Waals surface area contributed by atoms with Crippen molar-refractivity contribution in [2.24, 2.45) is 0 Å². The molecule has 0 aromatic heterocycles. The van der Waals surface area contributed by atoms with Gasteiger partial charge in [0.1, 0.15) is 10.6 Å². The van der Waals surface area contributed by atoms with Crippen molar-refractivity contribution in [3.63, 3.8) is 0 Å². The Labute approximate surface area is 119 Å². The first-order valence-electron chi connectivity index (χ1n) is 6.27. The number of nitrogens with one attached hydrogen (secondary N) is 1. The Morgan fingerprint density at radius 2 is 1.65 bits per heavy atom. The van der Waals surface area contributed by atoms with E-state index < -0.39 is 10.0 Å².